The van der Waals surface area contributed by atoms with E-state index in [2.05, 4.69) is 27.5 Å². The number of carbonyl (C=O) groups excluding carboxylic acids is 1. The van der Waals surface area contributed by atoms with Crippen molar-refractivity contribution in [2.45, 2.75) is 0 Å². The number of nitrogens with one attached hydrogen (secondary N) is 2. The molecule has 4 aromatic rings. The van der Waals surface area contributed by atoms with Crippen LogP contribution in [0.2, 0.25) is 0 Å². The molecule has 0 atom stereocenters. The molecule has 2 amide bonds. The lowest BCUT2D eigenvalue weighted by atomic mass is 9.94. The number of rotatable bonds is 4. The van der Waals surface area contributed by atoms with Gasteiger partial charge in [-0.1, -0.05) is 48.2 Å². The van der Waals surface area contributed by atoms with Crippen LogP contribution in [0.25, 0.3) is 11.1 Å². The van der Waals surface area contributed by atoms with Crippen molar-refractivity contribution in [1.29, 1.82) is 0 Å². The van der Waals surface area contributed by atoms with Crippen molar-refractivity contribution in [3.05, 3.63) is 114 Å². The average Bonchev–Trinajstić information content (AvgIpc) is 2.84. The Bertz CT molecular complexity index is 1340. The van der Waals surface area contributed by atoms with E-state index in [4.69, 9.17) is 0 Å². The molecule has 1 heterocycles. The molecule has 0 unspecified atom stereocenters. The van der Waals surface area contributed by atoms with Crippen molar-refractivity contribution >= 4 is 23.4 Å². The molecule has 0 aliphatic heterocycles. The Labute approximate surface area is 190 Å². The lowest BCUT2D eigenvalue weighted by Crippen LogP contribution is -2.19. The van der Waals surface area contributed by atoms with Gasteiger partial charge in [-0.25, -0.2) is 9.59 Å². The van der Waals surface area contributed by atoms with Gasteiger partial charge in [0.1, 0.15) is 0 Å². The van der Waals surface area contributed by atoms with Crippen LogP contribution < -0.4 is 10.6 Å². The number of aromatic carboxylic acids is 1. The smallest absolute Gasteiger partial charge is 0.336 e. The van der Waals surface area contributed by atoms with Crippen LogP contribution in [-0.4, -0.2) is 22.1 Å². The number of hydrogen-bond acceptors (Lipinski definition) is 3. The summed E-state index contributed by atoms with van der Waals surface area (Å²) in [5.41, 5.74) is 4.14. The molecular formula is C27H19N3O3. The molecule has 3 N–H and O–H groups in total. The van der Waals surface area contributed by atoms with E-state index in [9.17, 15) is 14.7 Å². The lowest BCUT2D eigenvalue weighted by Gasteiger charge is -2.09. The summed E-state index contributed by atoms with van der Waals surface area (Å²) in [5, 5.41) is 15.1. The number of nitrogens with zero attached hydrogens (tertiary/aromatic N) is 1. The van der Waals surface area contributed by atoms with Crippen LogP contribution in [-0.2, 0) is 0 Å². The minimum atomic E-state index is -1.00. The quantitative estimate of drug-likeness (QED) is 0.371. The molecule has 0 spiro atoms. The Kier molecular flexibility index (Phi) is 6.43. The predicted octanol–water partition coefficient (Wildman–Crippen LogP) is 5.49. The second-order valence-electron chi connectivity index (χ2n) is 7.05. The average molecular weight is 433 g/mol. The van der Waals surface area contributed by atoms with E-state index in [1.165, 1.54) is 0 Å². The first-order chi connectivity index (χ1) is 16.1. The first-order valence-corrected chi connectivity index (χ1v) is 10.1. The van der Waals surface area contributed by atoms with Gasteiger partial charge in [0, 0.05) is 28.6 Å². The van der Waals surface area contributed by atoms with E-state index in [1.807, 2.05) is 30.3 Å². The van der Waals surface area contributed by atoms with Crippen LogP contribution in [0, 0.1) is 11.8 Å². The number of aromatic nitrogens is 1. The van der Waals surface area contributed by atoms with Crippen LogP contribution in [0.5, 0.6) is 0 Å². The van der Waals surface area contributed by atoms with Gasteiger partial charge in [-0.2, -0.15) is 0 Å². The Morgan fingerprint density at radius 3 is 2.21 bits per heavy atom. The summed E-state index contributed by atoms with van der Waals surface area (Å²) in [5.74, 6) is 5.17. The van der Waals surface area contributed by atoms with Crippen LogP contribution in [0.1, 0.15) is 21.5 Å². The van der Waals surface area contributed by atoms with Gasteiger partial charge in [-0.05, 0) is 54.1 Å². The molecule has 4 rings (SSSR count). The number of benzene rings is 3. The second kappa shape index (κ2) is 9.94. The molecule has 160 valence electrons. The zero-order valence-electron chi connectivity index (χ0n) is 17.4. The molecule has 6 heteroatoms. The Morgan fingerprint density at radius 1 is 0.758 bits per heavy atom. The fourth-order valence-corrected chi connectivity index (χ4v) is 3.26. The van der Waals surface area contributed by atoms with Crippen LogP contribution in [0.15, 0.2) is 97.3 Å². The SMILES string of the molecule is O=C(Nc1ccc(C#Cc2cccc(C(=O)O)c2-c2ccccc2)cc1)Nc1cccnc1. The summed E-state index contributed by atoms with van der Waals surface area (Å²) in [6, 6.07) is 24.6. The number of carbonyl (C=O) groups is 2. The molecule has 1 aromatic heterocycles. The molecule has 0 saturated carbocycles. The summed E-state index contributed by atoms with van der Waals surface area (Å²) < 4.78 is 0. The molecule has 0 aliphatic carbocycles. The van der Waals surface area contributed by atoms with Gasteiger partial charge in [0.25, 0.3) is 0 Å². The number of amides is 2. The highest BCUT2D eigenvalue weighted by molar-refractivity contribution is 5.99. The predicted molar refractivity (Wildman–Crippen MR) is 128 cm³/mol. The Hall–Kier alpha value is -4.89. The normalized spacial score (nSPS) is 9.94. The van der Waals surface area contributed by atoms with Crippen molar-refractivity contribution < 1.29 is 14.7 Å². The maximum absolute atomic E-state index is 12.1. The highest BCUT2D eigenvalue weighted by Gasteiger charge is 2.14. The van der Waals surface area contributed by atoms with Crippen molar-refractivity contribution in [1.82, 2.24) is 4.98 Å². The summed E-state index contributed by atoms with van der Waals surface area (Å²) in [7, 11) is 0. The summed E-state index contributed by atoms with van der Waals surface area (Å²) >= 11 is 0. The largest absolute Gasteiger partial charge is 0.478 e. The zero-order chi connectivity index (χ0) is 23.0. The second-order valence-corrected chi connectivity index (χ2v) is 7.05. The number of carboxylic acids is 1. The van der Waals surface area contributed by atoms with Crippen LogP contribution in [0.4, 0.5) is 16.2 Å². The van der Waals surface area contributed by atoms with Gasteiger partial charge in [0.15, 0.2) is 0 Å². The summed E-state index contributed by atoms with van der Waals surface area (Å²) in [6.07, 6.45) is 3.19. The maximum Gasteiger partial charge on any atom is 0.336 e. The highest BCUT2D eigenvalue weighted by Crippen LogP contribution is 2.27. The number of pyridine rings is 1. The van der Waals surface area contributed by atoms with E-state index in [0.29, 0.717) is 22.5 Å². The third-order valence-electron chi connectivity index (χ3n) is 4.76. The molecule has 0 bridgehead atoms. The van der Waals surface area contributed by atoms with Gasteiger partial charge in [-0.15, -0.1) is 0 Å². The van der Waals surface area contributed by atoms with Crippen molar-refractivity contribution in [2.75, 3.05) is 10.6 Å². The fraction of sp³-hybridized carbons (Fsp3) is 0. The number of anilines is 2. The van der Waals surface area contributed by atoms with Gasteiger partial charge in [-0.3, -0.25) is 4.98 Å². The van der Waals surface area contributed by atoms with Gasteiger partial charge in [0.2, 0.25) is 0 Å². The fourth-order valence-electron chi connectivity index (χ4n) is 3.26. The lowest BCUT2D eigenvalue weighted by molar-refractivity contribution is 0.0697. The van der Waals surface area contributed by atoms with E-state index in [-0.39, 0.29) is 11.6 Å². The van der Waals surface area contributed by atoms with Gasteiger partial charge >= 0.3 is 12.0 Å². The molecular weight excluding hydrogens is 414 g/mol. The van der Waals surface area contributed by atoms with Gasteiger partial charge < -0.3 is 15.7 Å². The summed E-state index contributed by atoms with van der Waals surface area (Å²) in [4.78, 5) is 27.8. The monoisotopic (exact) mass is 433 g/mol. The third-order valence-corrected chi connectivity index (χ3v) is 4.76. The first-order valence-electron chi connectivity index (χ1n) is 10.1. The Morgan fingerprint density at radius 2 is 1.52 bits per heavy atom. The van der Waals surface area contributed by atoms with Crippen molar-refractivity contribution in [3.8, 4) is 23.0 Å². The number of urea groups is 1. The number of carboxylic acid groups (broad SMARTS) is 1. The van der Waals surface area contributed by atoms with Crippen LogP contribution >= 0.6 is 0 Å². The minimum absolute atomic E-state index is 0.201. The van der Waals surface area contributed by atoms with Crippen molar-refractivity contribution in [3.63, 3.8) is 0 Å². The first kappa shape index (κ1) is 21.3. The molecule has 33 heavy (non-hydrogen) atoms. The van der Waals surface area contributed by atoms with E-state index in [0.717, 1.165) is 11.1 Å². The molecule has 0 saturated heterocycles. The molecule has 0 radical (unpaired) electrons. The van der Waals surface area contributed by atoms with Gasteiger partial charge in [0.05, 0.1) is 17.4 Å². The molecule has 6 nitrogen and oxygen atoms in total. The molecule has 0 fully saturated rings. The topological polar surface area (TPSA) is 91.3 Å². The number of hydrogen-bond donors (Lipinski definition) is 3. The Balaban J connectivity index is 1.54. The van der Waals surface area contributed by atoms with E-state index >= 15 is 0 Å². The molecule has 0 aliphatic rings. The third kappa shape index (κ3) is 5.43. The van der Waals surface area contributed by atoms with Crippen molar-refractivity contribution in [2.24, 2.45) is 0 Å². The van der Waals surface area contributed by atoms with Crippen LogP contribution in [0.3, 0.4) is 0 Å². The van der Waals surface area contributed by atoms with E-state index < -0.39 is 5.97 Å². The zero-order valence-corrected chi connectivity index (χ0v) is 17.4. The summed E-state index contributed by atoms with van der Waals surface area (Å²) in [6.45, 7) is 0. The van der Waals surface area contributed by atoms with E-state index in [1.54, 1.807) is 67.0 Å². The maximum atomic E-state index is 12.1. The highest BCUT2D eigenvalue weighted by atomic mass is 16.4. The minimum Gasteiger partial charge on any atom is -0.478 e. The molecule has 3 aromatic carbocycles. The standard InChI is InChI=1S/C27H19N3O3/c31-26(32)24-10-4-8-21(25(24)20-6-2-1-3-7-20)14-11-19-12-15-22(16-13-19)29-27(33)30-23-9-5-17-28-18-23/h1-10,12-13,15-18H,(H,31,32)(H2,29,30,33).